The molecule has 0 saturated heterocycles. The van der Waals surface area contributed by atoms with E-state index in [1.165, 1.54) is 19.3 Å². The summed E-state index contributed by atoms with van der Waals surface area (Å²) in [6.07, 6.45) is 2.40. The van der Waals surface area contributed by atoms with Crippen LogP contribution in [0.4, 0.5) is 11.5 Å². The number of anilines is 2. The molecule has 8 nitrogen and oxygen atoms in total. The third-order valence-electron chi connectivity index (χ3n) is 4.40. The zero-order valence-electron chi connectivity index (χ0n) is 17.6. The molecule has 0 aliphatic carbocycles. The van der Waals surface area contributed by atoms with E-state index < -0.39 is 0 Å². The van der Waals surface area contributed by atoms with Gasteiger partial charge in [0.1, 0.15) is 23.6 Å². The molecule has 0 radical (unpaired) electrons. The summed E-state index contributed by atoms with van der Waals surface area (Å²) in [5, 5.41) is 5.45. The zero-order valence-corrected chi connectivity index (χ0v) is 17.6. The standard InChI is InChI=1S/C23H24N4O4/c1-4-17-11-16(5-10-20(17)30-3)12-22(29)27-18-6-8-19(9-7-18)31-23-13-21(24-14-25-23)26-15(2)28/h5-11,13-14H,4,12H2,1-3H3,(H,27,29)(H,24,25,26,28). The highest BCUT2D eigenvalue weighted by molar-refractivity contribution is 5.92. The van der Waals surface area contributed by atoms with Crippen LogP contribution in [0.15, 0.2) is 54.9 Å². The molecule has 8 heteroatoms. The van der Waals surface area contributed by atoms with Gasteiger partial charge in [0.15, 0.2) is 0 Å². The van der Waals surface area contributed by atoms with E-state index in [1.807, 2.05) is 25.1 Å². The van der Waals surface area contributed by atoms with E-state index in [-0.39, 0.29) is 18.2 Å². The number of hydrogen-bond donors (Lipinski definition) is 2. The largest absolute Gasteiger partial charge is 0.496 e. The van der Waals surface area contributed by atoms with Crippen molar-refractivity contribution in [2.24, 2.45) is 0 Å². The molecule has 0 bridgehead atoms. The van der Waals surface area contributed by atoms with E-state index in [1.54, 1.807) is 31.4 Å². The molecule has 2 aromatic carbocycles. The Morgan fingerprint density at radius 3 is 2.45 bits per heavy atom. The first-order valence-electron chi connectivity index (χ1n) is 9.80. The lowest BCUT2D eigenvalue weighted by Crippen LogP contribution is -2.14. The fourth-order valence-electron chi connectivity index (χ4n) is 2.98. The van der Waals surface area contributed by atoms with Crippen molar-refractivity contribution in [1.82, 2.24) is 9.97 Å². The molecule has 0 atom stereocenters. The molecule has 0 aliphatic rings. The van der Waals surface area contributed by atoms with Crippen LogP contribution >= 0.6 is 0 Å². The lowest BCUT2D eigenvalue weighted by molar-refractivity contribution is -0.116. The van der Waals surface area contributed by atoms with Gasteiger partial charge in [-0.1, -0.05) is 19.1 Å². The smallest absolute Gasteiger partial charge is 0.228 e. The van der Waals surface area contributed by atoms with Gasteiger partial charge in [-0.25, -0.2) is 9.97 Å². The van der Waals surface area contributed by atoms with Crippen LogP contribution < -0.4 is 20.1 Å². The van der Waals surface area contributed by atoms with Crippen molar-refractivity contribution in [2.45, 2.75) is 26.7 Å². The minimum Gasteiger partial charge on any atom is -0.496 e. The second-order valence-corrected chi connectivity index (χ2v) is 6.77. The number of methoxy groups -OCH3 is 1. The summed E-state index contributed by atoms with van der Waals surface area (Å²) in [7, 11) is 1.64. The highest BCUT2D eigenvalue weighted by atomic mass is 16.5. The molecule has 0 saturated carbocycles. The Morgan fingerprint density at radius 2 is 1.77 bits per heavy atom. The third kappa shape index (κ3) is 6.27. The van der Waals surface area contributed by atoms with Gasteiger partial charge in [-0.2, -0.15) is 0 Å². The van der Waals surface area contributed by atoms with Gasteiger partial charge in [-0.3, -0.25) is 9.59 Å². The van der Waals surface area contributed by atoms with E-state index >= 15 is 0 Å². The predicted molar refractivity (Wildman–Crippen MR) is 118 cm³/mol. The number of aryl methyl sites for hydroxylation is 1. The molecule has 0 aliphatic heterocycles. The molecule has 0 spiro atoms. The Kier molecular flexibility index (Phi) is 7.16. The average molecular weight is 420 g/mol. The molecule has 3 aromatic rings. The van der Waals surface area contributed by atoms with Gasteiger partial charge in [-0.15, -0.1) is 0 Å². The van der Waals surface area contributed by atoms with Crippen LogP contribution in [0.3, 0.4) is 0 Å². The van der Waals surface area contributed by atoms with Gasteiger partial charge in [0.2, 0.25) is 17.7 Å². The van der Waals surface area contributed by atoms with E-state index in [9.17, 15) is 9.59 Å². The number of hydrogen-bond acceptors (Lipinski definition) is 6. The maximum Gasteiger partial charge on any atom is 0.228 e. The number of nitrogens with zero attached hydrogens (tertiary/aromatic N) is 2. The van der Waals surface area contributed by atoms with Crippen LogP contribution in [-0.4, -0.2) is 28.9 Å². The van der Waals surface area contributed by atoms with Crippen molar-refractivity contribution in [2.75, 3.05) is 17.7 Å². The van der Waals surface area contributed by atoms with E-state index in [4.69, 9.17) is 9.47 Å². The molecule has 0 fully saturated rings. The lowest BCUT2D eigenvalue weighted by Gasteiger charge is -2.10. The minimum atomic E-state index is -0.231. The monoisotopic (exact) mass is 420 g/mol. The van der Waals surface area contributed by atoms with Gasteiger partial charge in [0.05, 0.1) is 13.5 Å². The summed E-state index contributed by atoms with van der Waals surface area (Å²) in [4.78, 5) is 31.5. The van der Waals surface area contributed by atoms with E-state index in [2.05, 4.69) is 20.6 Å². The molecule has 3 rings (SSSR count). The molecule has 1 aromatic heterocycles. The van der Waals surface area contributed by atoms with Crippen LogP contribution in [0.2, 0.25) is 0 Å². The number of carbonyl (C=O) groups excluding carboxylic acids is 2. The number of benzene rings is 2. The van der Waals surface area contributed by atoms with Crippen LogP contribution in [0, 0.1) is 0 Å². The predicted octanol–water partition coefficient (Wildman–Crippen LogP) is 3.98. The fourth-order valence-corrected chi connectivity index (χ4v) is 2.98. The summed E-state index contributed by atoms with van der Waals surface area (Å²) in [5.41, 5.74) is 2.65. The molecule has 0 unspecified atom stereocenters. The Labute approximate surface area is 180 Å². The van der Waals surface area contributed by atoms with E-state index in [0.717, 1.165) is 23.3 Å². The number of nitrogens with one attached hydrogen (secondary N) is 2. The van der Waals surface area contributed by atoms with Crippen LogP contribution in [0.25, 0.3) is 0 Å². The van der Waals surface area contributed by atoms with Crippen molar-refractivity contribution in [1.29, 1.82) is 0 Å². The lowest BCUT2D eigenvalue weighted by atomic mass is 10.0. The Morgan fingerprint density at radius 1 is 1.00 bits per heavy atom. The quantitative estimate of drug-likeness (QED) is 0.571. The number of amides is 2. The number of carbonyl (C=O) groups is 2. The molecule has 1 heterocycles. The molecular formula is C23H24N4O4. The summed E-state index contributed by atoms with van der Waals surface area (Å²) < 4.78 is 11.0. The van der Waals surface area contributed by atoms with Crippen molar-refractivity contribution < 1.29 is 19.1 Å². The Balaban J connectivity index is 1.59. The first kappa shape index (κ1) is 21.8. The van der Waals surface area contributed by atoms with Gasteiger partial charge >= 0.3 is 0 Å². The van der Waals surface area contributed by atoms with Gasteiger partial charge in [-0.05, 0) is 47.9 Å². The maximum atomic E-state index is 12.4. The second kappa shape index (κ2) is 10.2. The number of aromatic nitrogens is 2. The van der Waals surface area contributed by atoms with Crippen molar-refractivity contribution in [3.8, 4) is 17.4 Å². The van der Waals surface area contributed by atoms with Gasteiger partial charge in [0.25, 0.3) is 0 Å². The average Bonchev–Trinajstić information content (AvgIpc) is 2.75. The van der Waals surface area contributed by atoms with Crippen molar-refractivity contribution >= 4 is 23.3 Å². The molecule has 2 amide bonds. The number of ether oxygens (including phenoxy) is 2. The normalized spacial score (nSPS) is 10.3. The summed E-state index contributed by atoms with van der Waals surface area (Å²) >= 11 is 0. The fraction of sp³-hybridized carbons (Fsp3) is 0.217. The molecular weight excluding hydrogens is 396 g/mol. The van der Waals surface area contributed by atoms with Crippen LogP contribution in [0.5, 0.6) is 17.4 Å². The molecule has 160 valence electrons. The maximum absolute atomic E-state index is 12.4. The number of rotatable bonds is 8. The minimum absolute atomic E-state index is 0.114. The van der Waals surface area contributed by atoms with Crippen LogP contribution in [-0.2, 0) is 22.4 Å². The van der Waals surface area contributed by atoms with Crippen molar-refractivity contribution in [3.63, 3.8) is 0 Å². The summed E-state index contributed by atoms with van der Waals surface area (Å²) in [6, 6.07) is 14.2. The zero-order chi connectivity index (χ0) is 22.2. The summed E-state index contributed by atoms with van der Waals surface area (Å²) in [5.74, 6) is 1.67. The Hall–Kier alpha value is -3.94. The topological polar surface area (TPSA) is 102 Å². The molecule has 2 N–H and O–H groups in total. The van der Waals surface area contributed by atoms with Gasteiger partial charge < -0.3 is 20.1 Å². The van der Waals surface area contributed by atoms with E-state index in [0.29, 0.717) is 23.1 Å². The third-order valence-corrected chi connectivity index (χ3v) is 4.40. The highest BCUT2D eigenvalue weighted by Gasteiger charge is 2.08. The molecule has 31 heavy (non-hydrogen) atoms. The van der Waals surface area contributed by atoms with Gasteiger partial charge in [0, 0.05) is 18.7 Å². The highest BCUT2D eigenvalue weighted by Crippen LogP contribution is 2.23. The van der Waals surface area contributed by atoms with Crippen molar-refractivity contribution in [3.05, 3.63) is 66.0 Å². The second-order valence-electron chi connectivity index (χ2n) is 6.77. The summed E-state index contributed by atoms with van der Waals surface area (Å²) in [6.45, 7) is 3.44. The first-order valence-corrected chi connectivity index (χ1v) is 9.80. The SMILES string of the molecule is CCc1cc(CC(=O)Nc2ccc(Oc3cc(NC(C)=O)ncn3)cc2)ccc1OC. The Bertz CT molecular complexity index is 1070. The first-order chi connectivity index (χ1) is 15.0. The van der Waals surface area contributed by atoms with Crippen LogP contribution in [0.1, 0.15) is 25.0 Å².